The molecule has 2 N–H and O–H groups in total. The van der Waals surface area contributed by atoms with Gasteiger partial charge < -0.3 is 5.73 Å². The first-order chi connectivity index (χ1) is 7.00. The van der Waals surface area contributed by atoms with Crippen LogP contribution in [0.4, 0.5) is 5.82 Å². The zero-order valence-electron chi connectivity index (χ0n) is 9.08. The molecule has 2 aromatic heterocycles. The average molecular weight is 224 g/mol. The lowest BCUT2D eigenvalue weighted by Crippen LogP contribution is -1.97. The normalized spacial score (nSPS) is 11.5. The first-order valence-corrected chi connectivity index (χ1v) is 5.32. The van der Waals surface area contributed by atoms with E-state index in [4.69, 9.17) is 17.3 Å². The lowest BCUT2D eigenvalue weighted by atomic mass is 10.1. The first-order valence-electron chi connectivity index (χ1n) is 4.94. The number of hydrogen-bond donors (Lipinski definition) is 1. The molecule has 2 aromatic rings. The van der Waals surface area contributed by atoms with Gasteiger partial charge in [0.15, 0.2) is 0 Å². The average Bonchev–Trinajstić information content (AvgIpc) is 2.44. The Bertz CT molecular complexity index is 514. The summed E-state index contributed by atoms with van der Waals surface area (Å²) in [6.45, 7) is 6.14. The molecule has 0 amide bonds. The fourth-order valence-corrected chi connectivity index (χ4v) is 1.99. The number of fused-ring (bicyclic) bond motifs is 1. The molecule has 0 saturated heterocycles. The highest BCUT2D eigenvalue weighted by atomic mass is 35.5. The largest absolute Gasteiger partial charge is 0.383 e. The summed E-state index contributed by atoms with van der Waals surface area (Å²) in [4.78, 5) is 4.53. The molecule has 4 heteroatoms. The van der Waals surface area contributed by atoms with Crippen molar-refractivity contribution in [2.45, 2.75) is 26.7 Å². The predicted molar refractivity (Wildman–Crippen MR) is 63.4 cm³/mol. The quantitative estimate of drug-likeness (QED) is 0.808. The molecule has 3 nitrogen and oxygen atoms in total. The lowest BCUT2D eigenvalue weighted by molar-refractivity contribution is 0.838. The van der Waals surface area contributed by atoms with E-state index in [2.05, 4.69) is 18.8 Å². The van der Waals surface area contributed by atoms with Crippen molar-refractivity contribution < 1.29 is 0 Å². The van der Waals surface area contributed by atoms with Crippen LogP contribution in [0.3, 0.4) is 0 Å². The zero-order valence-corrected chi connectivity index (χ0v) is 9.84. The minimum atomic E-state index is 0.322. The first kappa shape index (κ1) is 10.3. The maximum atomic E-state index is 6.02. The number of pyridine rings is 1. The van der Waals surface area contributed by atoms with Crippen LogP contribution in [-0.4, -0.2) is 9.38 Å². The summed E-state index contributed by atoms with van der Waals surface area (Å²) >= 11 is 5.98. The van der Waals surface area contributed by atoms with Gasteiger partial charge in [-0.15, -0.1) is 0 Å². The highest BCUT2D eigenvalue weighted by Crippen LogP contribution is 2.26. The van der Waals surface area contributed by atoms with E-state index in [1.54, 1.807) is 6.20 Å². The van der Waals surface area contributed by atoms with E-state index in [1.165, 1.54) is 0 Å². The Morgan fingerprint density at radius 1 is 1.47 bits per heavy atom. The molecule has 15 heavy (non-hydrogen) atoms. The second-order valence-electron chi connectivity index (χ2n) is 4.07. The highest BCUT2D eigenvalue weighted by molar-refractivity contribution is 6.30. The van der Waals surface area contributed by atoms with Gasteiger partial charge in [-0.05, 0) is 24.5 Å². The van der Waals surface area contributed by atoms with Gasteiger partial charge in [-0.2, -0.15) is 0 Å². The van der Waals surface area contributed by atoms with E-state index in [-0.39, 0.29) is 0 Å². The molecule has 80 valence electrons. The van der Waals surface area contributed by atoms with Crippen LogP contribution in [0.1, 0.15) is 31.0 Å². The Labute approximate surface area is 93.9 Å². The number of halogens is 1. The fraction of sp³-hybridized carbons (Fsp3) is 0.364. The van der Waals surface area contributed by atoms with Crippen LogP contribution in [0.25, 0.3) is 5.65 Å². The van der Waals surface area contributed by atoms with E-state index >= 15 is 0 Å². The molecular formula is C11H14ClN3. The van der Waals surface area contributed by atoms with Crippen LogP contribution in [0.15, 0.2) is 12.3 Å². The number of nitrogens with two attached hydrogens (primary N) is 1. The highest BCUT2D eigenvalue weighted by Gasteiger charge is 2.13. The Kier molecular flexibility index (Phi) is 2.35. The topological polar surface area (TPSA) is 43.3 Å². The molecule has 0 spiro atoms. The molecular weight excluding hydrogens is 210 g/mol. The number of nitrogen functional groups attached to an aromatic ring is 1. The van der Waals surface area contributed by atoms with Gasteiger partial charge in [0.1, 0.15) is 11.5 Å². The summed E-state index contributed by atoms with van der Waals surface area (Å²) in [7, 11) is 0. The summed E-state index contributed by atoms with van der Waals surface area (Å²) in [5, 5.41) is 0.680. The van der Waals surface area contributed by atoms with Crippen molar-refractivity contribution in [3.63, 3.8) is 0 Å². The Hall–Kier alpha value is -1.22. The van der Waals surface area contributed by atoms with Crippen molar-refractivity contribution in [3.05, 3.63) is 28.5 Å². The Balaban J connectivity index is 2.82. The summed E-state index contributed by atoms with van der Waals surface area (Å²) in [5.41, 5.74) is 8.88. The van der Waals surface area contributed by atoms with Crippen molar-refractivity contribution in [2.24, 2.45) is 0 Å². The van der Waals surface area contributed by atoms with Gasteiger partial charge in [-0.25, -0.2) is 4.98 Å². The third-order valence-electron chi connectivity index (χ3n) is 2.48. The lowest BCUT2D eigenvalue weighted by Gasteiger charge is -2.02. The molecule has 0 radical (unpaired) electrons. The smallest absolute Gasteiger partial charge is 0.141 e. The third-order valence-corrected chi connectivity index (χ3v) is 2.69. The van der Waals surface area contributed by atoms with Crippen LogP contribution < -0.4 is 5.73 Å². The molecule has 0 aliphatic carbocycles. The summed E-state index contributed by atoms with van der Waals surface area (Å²) in [6, 6.07) is 1.90. The Morgan fingerprint density at radius 3 is 2.73 bits per heavy atom. The summed E-state index contributed by atoms with van der Waals surface area (Å²) in [6.07, 6.45) is 1.80. The van der Waals surface area contributed by atoms with Gasteiger partial charge in [0.2, 0.25) is 0 Å². The maximum absolute atomic E-state index is 6.02. The standard InChI is InChI=1S/C11H14ClN3/c1-6(2)9-10(13)15-5-8(12)4-7(3)11(15)14-9/h4-6H,13H2,1-3H3. The molecule has 0 aromatic carbocycles. The Morgan fingerprint density at radius 2 is 2.13 bits per heavy atom. The van der Waals surface area contributed by atoms with Crippen molar-refractivity contribution in [3.8, 4) is 0 Å². The van der Waals surface area contributed by atoms with Crippen molar-refractivity contribution >= 4 is 23.1 Å². The van der Waals surface area contributed by atoms with Gasteiger partial charge in [0.05, 0.1) is 10.7 Å². The fourth-order valence-electron chi connectivity index (χ4n) is 1.73. The number of rotatable bonds is 1. The van der Waals surface area contributed by atoms with Crippen LogP contribution in [0.2, 0.25) is 5.02 Å². The SMILES string of the molecule is Cc1cc(Cl)cn2c(N)c(C(C)C)nc12. The van der Waals surface area contributed by atoms with Gasteiger partial charge >= 0.3 is 0 Å². The number of aromatic nitrogens is 2. The molecule has 0 bridgehead atoms. The molecule has 0 unspecified atom stereocenters. The van der Waals surface area contributed by atoms with Crippen molar-refractivity contribution in [1.82, 2.24) is 9.38 Å². The molecule has 0 saturated carbocycles. The monoisotopic (exact) mass is 223 g/mol. The van der Waals surface area contributed by atoms with Crippen LogP contribution in [-0.2, 0) is 0 Å². The van der Waals surface area contributed by atoms with E-state index in [9.17, 15) is 0 Å². The predicted octanol–water partition coefficient (Wildman–Crippen LogP) is 3.00. The van der Waals surface area contributed by atoms with Crippen molar-refractivity contribution in [2.75, 3.05) is 5.73 Å². The van der Waals surface area contributed by atoms with Gasteiger partial charge in [0, 0.05) is 6.20 Å². The van der Waals surface area contributed by atoms with Crippen LogP contribution in [0, 0.1) is 6.92 Å². The number of aryl methyl sites for hydroxylation is 1. The molecule has 0 aliphatic rings. The van der Waals surface area contributed by atoms with E-state index in [0.29, 0.717) is 16.8 Å². The molecule has 0 atom stereocenters. The van der Waals surface area contributed by atoms with Crippen LogP contribution >= 0.6 is 11.6 Å². The van der Waals surface area contributed by atoms with Gasteiger partial charge in [0.25, 0.3) is 0 Å². The molecule has 2 rings (SSSR count). The van der Waals surface area contributed by atoms with Crippen LogP contribution in [0.5, 0.6) is 0 Å². The number of nitrogens with zero attached hydrogens (tertiary/aromatic N) is 2. The minimum absolute atomic E-state index is 0.322. The van der Waals surface area contributed by atoms with E-state index in [1.807, 2.05) is 17.4 Å². The minimum Gasteiger partial charge on any atom is -0.383 e. The van der Waals surface area contributed by atoms with E-state index in [0.717, 1.165) is 16.9 Å². The second kappa shape index (κ2) is 3.42. The van der Waals surface area contributed by atoms with Crippen molar-refractivity contribution in [1.29, 1.82) is 0 Å². The zero-order chi connectivity index (χ0) is 11.2. The van der Waals surface area contributed by atoms with Gasteiger partial charge in [-0.1, -0.05) is 25.4 Å². The number of imidazole rings is 1. The second-order valence-corrected chi connectivity index (χ2v) is 4.51. The molecule has 2 heterocycles. The van der Waals surface area contributed by atoms with E-state index < -0.39 is 0 Å². The maximum Gasteiger partial charge on any atom is 0.141 e. The number of anilines is 1. The summed E-state index contributed by atoms with van der Waals surface area (Å²) in [5.74, 6) is 1.01. The summed E-state index contributed by atoms with van der Waals surface area (Å²) < 4.78 is 1.85. The number of hydrogen-bond acceptors (Lipinski definition) is 2. The third kappa shape index (κ3) is 1.57. The molecule has 0 fully saturated rings. The molecule has 0 aliphatic heterocycles. The van der Waals surface area contributed by atoms with Gasteiger partial charge in [-0.3, -0.25) is 4.40 Å².